The molecule has 1 N–H and O–H groups in total. The first-order valence-corrected chi connectivity index (χ1v) is 8.51. The lowest BCUT2D eigenvalue weighted by Gasteiger charge is -2.16. The van der Waals surface area contributed by atoms with Gasteiger partial charge in [-0.1, -0.05) is 30.3 Å². The zero-order chi connectivity index (χ0) is 13.3. The summed E-state index contributed by atoms with van der Waals surface area (Å²) in [6.45, 7) is 3.61. The van der Waals surface area contributed by atoms with E-state index >= 15 is 0 Å². The van der Waals surface area contributed by atoms with Gasteiger partial charge in [-0.2, -0.15) is 0 Å². The Kier molecular flexibility index (Phi) is 3.60. The molecule has 2 atom stereocenters. The van der Waals surface area contributed by atoms with Crippen LogP contribution in [0.5, 0.6) is 0 Å². The van der Waals surface area contributed by atoms with E-state index in [0.29, 0.717) is 18.4 Å². The largest absolute Gasteiger partial charge is 0.298 e. The van der Waals surface area contributed by atoms with Gasteiger partial charge in [0.15, 0.2) is 0 Å². The Morgan fingerprint density at radius 3 is 2.68 bits per heavy atom. The van der Waals surface area contributed by atoms with Crippen LogP contribution in [0.25, 0.3) is 0 Å². The Bertz CT molecular complexity index is 508. The van der Waals surface area contributed by atoms with Crippen molar-refractivity contribution in [3.8, 4) is 0 Å². The summed E-state index contributed by atoms with van der Waals surface area (Å²) >= 11 is 0. The van der Waals surface area contributed by atoms with Crippen molar-refractivity contribution in [3.05, 3.63) is 35.9 Å². The van der Waals surface area contributed by atoms with Gasteiger partial charge >= 0.3 is 0 Å². The second-order valence-electron chi connectivity index (χ2n) is 5.66. The molecule has 1 aromatic carbocycles. The molecular weight excluding hydrogens is 260 g/mol. The molecule has 0 saturated carbocycles. The summed E-state index contributed by atoms with van der Waals surface area (Å²) in [7, 11) is -3.01. The molecule has 0 bridgehead atoms. The predicted molar refractivity (Wildman–Crippen MR) is 75.1 cm³/mol. The van der Waals surface area contributed by atoms with Gasteiger partial charge in [-0.15, -0.1) is 0 Å². The van der Waals surface area contributed by atoms with Gasteiger partial charge in [-0.25, -0.2) is 13.1 Å². The molecule has 2 aliphatic rings. The normalized spacial score (nSPS) is 30.7. The van der Waals surface area contributed by atoms with Crippen LogP contribution in [0.2, 0.25) is 0 Å². The third-order valence-electron chi connectivity index (χ3n) is 4.22. The molecule has 2 unspecified atom stereocenters. The number of rotatable bonds is 2. The topological polar surface area (TPSA) is 49.4 Å². The summed E-state index contributed by atoms with van der Waals surface area (Å²) in [5, 5.41) is 0. The molecule has 19 heavy (non-hydrogen) atoms. The minimum atomic E-state index is -3.01. The third-order valence-corrected chi connectivity index (χ3v) is 5.60. The van der Waals surface area contributed by atoms with Crippen molar-refractivity contribution >= 4 is 10.0 Å². The second kappa shape index (κ2) is 5.23. The summed E-state index contributed by atoms with van der Waals surface area (Å²) in [6.07, 6.45) is 0.797. The van der Waals surface area contributed by atoms with E-state index in [-0.39, 0.29) is 5.75 Å². The summed E-state index contributed by atoms with van der Waals surface area (Å²) in [5.41, 5.74) is 1.33. The van der Waals surface area contributed by atoms with E-state index in [2.05, 4.69) is 33.9 Å². The van der Waals surface area contributed by atoms with Crippen molar-refractivity contribution in [2.24, 2.45) is 11.8 Å². The molecule has 0 spiro atoms. The number of fused-ring (bicyclic) bond motifs is 1. The van der Waals surface area contributed by atoms with E-state index < -0.39 is 10.0 Å². The number of likely N-dealkylation sites (tertiary alicyclic amines) is 1. The van der Waals surface area contributed by atoms with Crippen LogP contribution in [0, 0.1) is 11.8 Å². The van der Waals surface area contributed by atoms with Gasteiger partial charge in [0.2, 0.25) is 10.0 Å². The molecule has 4 nitrogen and oxygen atoms in total. The highest BCUT2D eigenvalue weighted by Gasteiger charge is 2.36. The summed E-state index contributed by atoms with van der Waals surface area (Å²) < 4.78 is 25.8. The zero-order valence-corrected chi connectivity index (χ0v) is 11.8. The number of hydrogen-bond acceptors (Lipinski definition) is 3. The molecule has 1 aromatic rings. The monoisotopic (exact) mass is 280 g/mol. The first kappa shape index (κ1) is 13.1. The number of nitrogens with zero attached hydrogens (tertiary/aromatic N) is 1. The van der Waals surface area contributed by atoms with Crippen molar-refractivity contribution in [3.63, 3.8) is 0 Å². The lowest BCUT2D eigenvalue weighted by Crippen LogP contribution is -2.30. The molecule has 0 amide bonds. The van der Waals surface area contributed by atoms with Crippen LogP contribution in [-0.4, -0.2) is 38.7 Å². The van der Waals surface area contributed by atoms with E-state index in [1.807, 2.05) is 6.07 Å². The zero-order valence-electron chi connectivity index (χ0n) is 11.0. The Morgan fingerprint density at radius 1 is 1.16 bits per heavy atom. The lowest BCUT2D eigenvalue weighted by molar-refractivity contribution is 0.311. The van der Waals surface area contributed by atoms with E-state index in [1.54, 1.807) is 0 Å². The summed E-state index contributed by atoms with van der Waals surface area (Å²) in [5.74, 6) is 1.28. The van der Waals surface area contributed by atoms with Crippen LogP contribution in [0.4, 0.5) is 0 Å². The van der Waals surface area contributed by atoms with Crippen LogP contribution in [0.15, 0.2) is 30.3 Å². The highest BCUT2D eigenvalue weighted by atomic mass is 32.2. The molecule has 0 radical (unpaired) electrons. The van der Waals surface area contributed by atoms with E-state index in [4.69, 9.17) is 0 Å². The van der Waals surface area contributed by atoms with Gasteiger partial charge in [-0.3, -0.25) is 4.90 Å². The molecule has 0 aliphatic carbocycles. The Labute approximate surface area is 114 Å². The Hall–Kier alpha value is -0.910. The second-order valence-corrected chi connectivity index (χ2v) is 7.58. The first-order valence-electron chi connectivity index (χ1n) is 6.86. The van der Waals surface area contributed by atoms with Crippen molar-refractivity contribution in [2.45, 2.75) is 13.0 Å². The highest BCUT2D eigenvalue weighted by Crippen LogP contribution is 2.29. The van der Waals surface area contributed by atoms with Crippen LogP contribution in [0.1, 0.15) is 12.0 Å². The molecule has 104 valence electrons. The van der Waals surface area contributed by atoms with Crippen molar-refractivity contribution in [1.82, 2.24) is 9.62 Å². The fraction of sp³-hybridized carbons (Fsp3) is 0.571. The molecule has 2 aliphatic heterocycles. The number of benzene rings is 1. The van der Waals surface area contributed by atoms with Gasteiger partial charge in [0.1, 0.15) is 0 Å². The smallest absolute Gasteiger partial charge is 0.211 e. The minimum absolute atomic E-state index is 0.285. The van der Waals surface area contributed by atoms with Crippen LogP contribution in [0.3, 0.4) is 0 Å². The van der Waals surface area contributed by atoms with Gasteiger partial charge in [0, 0.05) is 26.2 Å². The van der Waals surface area contributed by atoms with Crippen molar-refractivity contribution in [1.29, 1.82) is 0 Å². The standard InChI is InChI=1S/C14H20N2O2S/c17-19(18)7-6-13-10-16(11-14(13)8-15-19)9-12-4-2-1-3-5-12/h1-5,13-15H,6-11H2. The van der Waals surface area contributed by atoms with Crippen LogP contribution < -0.4 is 4.72 Å². The fourth-order valence-electron chi connectivity index (χ4n) is 3.18. The average Bonchev–Trinajstić information content (AvgIpc) is 2.72. The SMILES string of the molecule is O=S1(=O)CCC2CN(Cc3ccccc3)CC2CN1. The summed E-state index contributed by atoms with van der Waals surface area (Å²) in [6, 6.07) is 10.5. The van der Waals surface area contributed by atoms with E-state index in [9.17, 15) is 8.42 Å². The van der Waals surface area contributed by atoms with Crippen LogP contribution in [-0.2, 0) is 16.6 Å². The molecule has 2 fully saturated rings. The van der Waals surface area contributed by atoms with E-state index in [1.165, 1.54) is 5.56 Å². The Morgan fingerprint density at radius 2 is 1.89 bits per heavy atom. The highest BCUT2D eigenvalue weighted by molar-refractivity contribution is 7.89. The molecule has 2 saturated heterocycles. The molecule has 5 heteroatoms. The van der Waals surface area contributed by atoms with Gasteiger partial charge in [-0.05, 0) is 23.8 Å². The fourth-order valence-corrected chi connectivity index (χ4v) is 4.40. The van der Waals surface area contributed by atoms with Crippen molar-refractivity contribution in [2.75, 3.05) is 25.4 Å². The number of hydrogen-bond donors (Lipinski definition) is 1. The number of nitrogens with one attached hydrogen (secondary N) is 1. The molecular formula is C14H20N2O2S. The minimum Gasteiger partial charge on any atom is -0.298 e. The molecule has 2 heterocycles. The van der Waals surface area contributed by atoms with Crippen molar-refractivity contribution < 1.29 is 8.42 Å². The predicted octanol–water partition coefficient (Wildman–Crippen LogP) is 1.06. The maximum atomic E-state index is 11.5. The van der Waals surface area contributed by atoms with Crippen LogP contribution >= 0.6 is 0 Å². The maximum absolute atomic E-state index is 11.5. The molecule has 0 aromatic heterocycles. The first-order chi connectivity index (χ1) is 9.12. The average molecular weight is 280 g/mol. The lowest BCUT2D eigenvalue weighted by atomic mass is 9.94. The third kappa shape index (κ3) is 3.16. The van der Waals surface area contributed by atoms with Gasteiger partial charge in [0.05, 0.1) is 5.75 Å². The van der Waals surface area contributed by atoms with Gasteiger partial charge < -0.3 is 0 Å². The van der Waals surface area contributed by atoms with E-state index in [0.717, 1.165) is 26.1 Å². The summed E-state index contributed by atoms with van der Waals surface area (Å²) in [4.78, 5) is 2.45. The van der Waals surface area contributed by atoms with Gasteiger partial charge in [0.25, 0.3) is 0 Å². The molecule has 3 rings (SSSR count). The number of sulfonamides is 1. The Balaban J connectivity index is 1.62. The maximum Gasteiger partial charge on any atom is 0.211 e. The quantitative estimate of drug-likeness (QED) is 0.881.